The lowest BCUT2D eigenvalue weighted by Crippen LogP contribution is -2.38. The van der Waals surface area contributed by atoms with E-state index in [2.05, 4.69) is 52.1 Å². The van der Waals surface area contributed by atoms with Gasteiger partial charge in [0.2, 0.25) is 5.13 Å². The molecule has 3 amide bonds. The fraction of sp³-hybridized carbons (Fsp3) is 0.333. The van der Waals surface area contributed by atoms with E-state index in [4.69, 9.17) is 0 Å². The summed E-state index contributed by atoms with van der Waals surface area (Å²) in [6, 6.07) is 7.22. The van der Waals surface area contributed by atoms with Gasteiger partial charge in [0.1, 0.15) is 11.0 Å². The lowest BCUT2D eigenvalue weighted by Gasteiger charge is -2.06. The smallest absolute Gasteiger partial charge is 0.315 e. The van der Waals surface area contributed by atoms with Crippen molar-refractivity contribution in [3.8, 4) is 10.6 Å². The second kappa shape index (κ2) is 6.33. The third-order valence-corrected chi connectivity index (χ3v) is 4.46. The van der Waals surface area contributed by atoms with Crippen LogP contribution < -0.4 is 16.0 Å². The number of hydrogen-bond donors (Lipinski definition) is 3. The highest BCUT2D eigenvalue weighted by Crippen LogP contribution is 2.27. The first kappa shape index (κ1) is 15.4. The Morgan fingerprint density at radius 2 is 2.04 bits per heavy atom. The van der Waals surface area contributed by atoms with Gasteiger partial charge in [0, 0.05) is 12.1 Å². The minimum absolute atomic E-state index is 0.271. The molecule has 3 rings (SSSR count). The van der Waals surface area contributed by atoms with Crippen LogP contribution in [0.5, 0.6) is 0 Å². The quantitative estimate of drug-likeness (QED) is 0.798. The predicted molar refractivity (Wildman–Crippen MR) is 88.4 cm³/mol. The van der Waals surface area contributed by atoms with Gasteiger partial charge >= 0.3 is 6.03 Å². The monoisotopic (exact) mass is 331 g/mol. The molecule has 0 aliphatic carbocycles. The Hall–Kier alpha value is -2.48. The lowest BCUT2D eigenvalue weighted by atomic mass is 10.0. The van der Waals surface area contributed by atoms with E-state index >= 15 is 0 Å². The molecule has 1 aromatic heterocycles. The van der Waals surface area contributed by atoms with Crippen molar-refractivity contribution >= 4 is 28.4 Å². The molecule has 0 saturated carbocycles. The number of nitrogens with zero attached hydrogens (tertiary/aromatic N) is 2. The number of rotatable bonds is 4. The van der Waals surface area contributed by atoms with Crippen molar-refractivity contribution in [2.24, 2.45) is 0 Å². The van der Waals surface area contributed by atoms with Crippen LogP contribution in [0.25, 0.3) is 10.6 Å². The van der Waals surface area contributed by atoms with Crippen LogP contribution in [0.15, 0.2) is 24.3 Å². The van der Waals surface area contributed by atoms with Gasteiger partial charge in [-0.1, -0.05) is 49.4 Å². The van der Waals surface area contributed by atoms with E-state index < -0.39 is 6.04 Å². The third kappa shape index (κ3) is 3.48. The van der Waals surface area contributed by atoms with Crippen LogP contribution in [0.1, 0.15) is 25.3 Å². The fourth-order valence-corrected chi connectivity index (χ4v) is 2.96. The summed E-state index contributed by atoms with van der Waals surface area (Å²) < 4.78 is 0. The Morgan fingerprint density at radius 3 is 2.65 bits per heavy atom. The van der Waals surface area contributed by atoms with Gasteiger partial charge in [-0.05, 0) is 11.5 Å². The molecule has 1 aromatic carbocycles. The molecule has 1 atom stereocenters. The zero-order valence-corrected chi connectivity index (χ0v) is 13.6. The van der Waals surface area contributed by atoms with Gasteiger partial charge in [-0.15, -0.1) is 10.2 Å². The van der Waals surface area contributed by atoms with Crippen molar-refractivity contribution in [1.29, 1.82) is 0 Å². The molecule has 0 unspecified atom stereocenters. The van der Waals surface area contributed by atoms with E-state index in [1.165, 1.54) is 16.9 Å². The molecule has 1 aliphatic heterocycles. The number of aromatic nitrogens is 2. The lowest BCUT2D eigenvalue weighted by molar-refractivity contribution is -0.117. The summed E-state index contributed by atoms with van der Waals surface area (Å²) in [7, 11) is 0. The second-order valence-electron chi connectivity index (χ2n) is 5.59. The van der Waals surface area contributed by atoms with Gasteiger partial charge in [0.05, 0.1) is 0 Å². The van der Waals surface area contributed by atoms with Gasteiger partial charge in [-0.2, -0.15) is 0 Å². The largest absolute Gasteiger partial charge is 0.336 e. The molecule has 8 heteroatoms. The third-order valence-electron chi connectivity index (χ3n) is 3.57. The highest BCUT2D eigenvalue weighted by atomic mass is 32.1. The van der Waals surface area contributed by atoms with Crippen molar-refractivity contribution in [2.75, 3.05) is 11.9 Å². The number of benzene rings is 1. The van der Waals surface area contributed by atoms with E-state index in [1.54, 1.807) is 0 Å². The van der Waals surface area contributed by atoms with Crippen molar-refractivity contribution in [3.05, 3.63) is 29.8 Å². The number of amides is 3. The second-order valence-corrected chi connectivity index (χ2v) is 6.56. The van der Waals surface area contributed by atoms with Gasteiger partial charge in [0.25, 0.3) is 5.91 Å². The van der Waals surface area contributed by atoms with Gasteiger partial charge in [-0.25, -0.2) is 4.79 Å². The first-order valence-electron chi connectivity index (χ1n) is 7.32. The number of carbonyl (C=O) groups is 2. The van der Waals surface area contributed by atoms with E-state index in [0.29, 0.717) is 11.0 Å². The van der Waals surface area contributed by atoms with Gasteiger partial charge in [-0.3, -0.25) is 10.1 Å². The molecule has 0 bridgehead atoms. The number of hydrogen-bond acceptors (Lipinski definition) is 5. The molecule has 0 radical (unpaired) electrons. The zero-order valence-electron chi connectivity index (χ0n) is 12.8. The highest BCUT2D eigenvalue weighted by molar-refractivity contribution is 7.18. The van der Waals surface area contributed by atoms with E-state index in [-0.39, 0.29) is 18.5 Å². The molecule has 7 nitrogen and oxygen atoms in total. The van der Waals surface area contributed by atoms with Crippen LogP contribution in [0.2, 0.25) is 0 Å². The van der Waals surface area contributed by atoms with E-state index in [9.17, 15) is 9.59 Å². The first-order valence-corrected chi connectivity index (χ1v) is 8.13. The van der Waals surface area contributed by atoms with Crippen LogP contribution in [-0.2, 0) is 4.79 Å². The molecule has 0 spiro atoms. The van der Waals surface area contributed by atoms with Crippen LogP contribution in [0, 0.1) is 0 Å². The van der Waals surface area contributed by atoms with Crippen LogP contribution in [0.4, 0.5) is 9.93 Å². The summed E-state index contributed by atoms with van der Waals surface area (Å²) >= 11 is 1.30. The summed E-state index contributed by atoms with van der Waals surface area (Å²) in [5.41, 5.74) is 2.22. The Labute approximate surface area is 137 Å². The number of carbonyl (C=O) groups excluding carboxylic acids is 2. The average molecular weight is 331 g/mol. The van der Waals surface area contributed by atoms with Crippen LogP contribution in [-0.4, -0.2) is 34.7 Å². The minimum Gasteiger partial charge on any atom is -0.336 e. The zero-order chi connectivity index (χ0) is 16.4. The maximum atomic E-state index is 12.0. The van der Waals surface area contributed by atoms with Crippen molar-refractivity contribution < 1.29 is 9.59 Å². The Kier molecular flexibility index (Phi) is 4.24. The molecule has 23 heavy (non-hydrogen) atoms. The number of anilines is 1. The SMILES string of the molecule is CC(C)c1ccc(-c2nnc(NC(=O)[C@@H]3CNC(=O)N3)s2)cc1. The van der Waals surface area contributed by atoms with Gasteiger partial charge < -0.3 is 10.6 Å². The summed E-state index contributed by atoms with van der Waals surface area (Å²) in [6.45, 7) is 4.56. The summed E-state index contributed by atoms with van der Waals surface area (Å²) in [5, 5.41) is 17.0. The van der Waals surface area contributed by atoms with Crippen molar-refractivity contribution in [3.63, 3.8) is 0 Å². The van der Waals surface area contributed by atoms with E-state index in [1.807, 2.05) is 12.1 Å². The van der Waals surface area contributed by atoms with Crippen LogP contribution >= 0.6 is 11.3 Å². The summed E-state index contributed by atoms with van der Waals surface area (Å²) in [4.78, 5) is 23.0. The first-order chi connectivity index (χ1) is 11.0. The van der Waals surface area contributed by atoms with Crippen molar-refractivity contribution in [2.45, 2.75) is 25.8 Å². The summed E-state index contributed by atoms with van der Waals surface area (Å²) in [5.74, 6) is 0.171. The molecule has 2 aromatic rings. The predicted octanol–water partition coefficient (Wildman–Crippen LogP) is 1.95. The minimum atomic E-state index is -0.583. The molecular weight excluding hydrogens is 314 g/mol. The molecule has 2 heterocycles. The highest BCUT2D eigenvalue weighted by Gasteiger charge is 2.27. The maximum absolute atomic E-state index is 12.0. The average Bonchev–Trinajstić information content (AvgIpc) is 3.16. The molecule has 120 valence electrons. The number of nitrogens with one attached hydrogen (secondary N) is 3. The topological polar surface area (TPSA) is 96.0 Å². The van der Waals surface area contributed by atoms with E-state index in [0.717, 1.165) is 10.6 Å². The number of urea groups is 1. The maximum Gasteiger partial charge on any atom is 0.315 e. The molecule has 3 N–H and O–H groups in total. The van der Waals surface area contributed by atoms with Crippen molar-refractivity contribution in [1.82, 2.24) is 20.8 Å². The molecule has 1 aliphatic rings. The Balaban J connectivity index is 1.68. The standard InChI is InChI=1S/C15H17N5O2S/c1-8(2)9-3-5-10(6-4-9)13-19-20-15(23-13)18-12(21)11-7-16-14(22)17-11/h3-6,8,11H,7H2,1-2H3,(H2,16,17,22)(H,18,20,21)/t11-/m0/s1. The normalized spacial score (nSPS) is 17.0. The van der Waals surface area contributed by atoms with Crippen LogP contribution in [0.3, 0.4) is 0 Å². The molecule has 1 saturated heterocycles. The van der Waals surface area contributed by atoms with Gasteiger partial charge in [0.15, 0.2) is 0 Å². The summed E-state index contributed by atoms with van der Waals surface area (Å²) in [6.07, 6.45) is 0. The molecule has 1 fully saturated rings. The Morgan fingerprint density at radius 1 is 1.30 bits per heavy atom. The molecular formula is C15H17N5O2S. The Bertz CT molecular complexity index is 726. The fourth-order valence-electron chi connectivity index (χ4n) is 2.21.